The summed E-state index contributed by atoms with van der Waals surface area (Å²) in [5.74, 6) is -1.13. The highest BCUT2D eigenvalue weighted by Crippen LogP contribution is 2.20. The van der Waals surface area contributed by atoms with E-state index in [0.717, 1.165) is 10.8 Å². The van der Waals surface area contributed by atoms with Crippen LogP contribution in [0.5, 0.6) is 0 Å². The maximum absolute atomic E-state index is 12.6. The highest BCUT2D eigenvalue weighted by Gasteiger charge is 2.27. The summed E-state index contributed by atoms with van der Waals surface area (Å²) in [4.78, 5) is 41.5. The minimum Gasteiger partial charge on any atom is -0.480 e. The van der Waals surface area contributed by atoms with Crippen LogP contribution in [0.25, 0.3) is 10.8 Å². The molecule has 1 aliphatic heterocycles. The van der Waals surface area contributed by atoms with Crippen molar-refractivity contribution in [1.29, 1.82) is 0 Å². The number of nitrogens with zero attached hydrogens (tertiary/aromatic N) is 2. The molecule has 9 nitrogen and oxygen atoms in total. The first-order valence-corrected chi connectivity index (χ1v) is 9.42. The maximum atomic E-state index is 12.6. The Morgan fingerprint density at radius 1 is 1.31 bits per heavy atom. The number of amides is 2. The molecule has 1 saturated heterocycles. The fourth-order valence-corrected chi connectivity index (χ4v) is 3.39. The molecule has 4 N–H and O–H groups in total. The van der Waals surface area contributed by atoms with E-state index in [2.05, 4.69) is 10.3 Å². The van der Waals surface area contributed by atoms with E-state index in [-0.39, 0.29) is 24.5 Å². The number of nitrogens with two attached hydrogens (primary N) is 1. The molecule has 9 heteroatoms. The molecule has 3 rings (SSSR count). The van der Waals surface area contributed by atoms with Crippen LogP contribution in [0.2, 0.25) is 0 Å². The van der Waals surface area contributed by atoms with E-state index in [1.165, 1.54) is 0 Å². The summed E-state index contributed by atoms with van der Waals surface area (Å²) >= 11 is 0. The SMILES string of the molecule is CC(NC(=O)c1ccc2c(N)nccc2c1)C(=O)N1CCC(OCC(=O)O)CC1. The summed E-state index contributed by atoms with van der Waals surface area (Å²) in [5.41, 5.74) is 6.26. The molecular weight excluding hydrogens is 376 g/mol. The van der Waals surface area contributed by atoms with Gasteiger partial charge < -0.3 is 25.8 Å². The van der Waals surface area contributed by atoms with Crippen LogP contribution in [0.1, 0.15) is 30.1 Å². The first kappa shape index (κ1) is 20.5. The minimum atomic E-state index is -1.01. The zero-order chi connectivity index (χ0) is 21.0. The number of aromatic nitrogens is 1. The topological polar surface area (TPSA) is 135 Å². The number of nitrogens with one attached hydrogen (secondary N) is 1. The Morgan fingerprint density at radius 3 is 2.72 bits per heavy atom. The predicted octanol–water partition coefficient (Wildman–Crippen LogP) is 1.03. The van der Waals surface area contributed by atoms with E-state index in [4.69, 9.17) is 15.6 Å². The van der Waals surface area contributed by atoms with Crippen molar-refractivity contribution < 1.29 is 24.2 Å². The van der Waals surface area contributed by atoms with Crippen molar-refractivity contribution in [3.63, 3.8) is 0 Å². The molecule has 1 unspecified atom stereocenters. The summed E-state index contributed by atoms with van der Waals surface area (Å²) in [5, 5.41) is 13.0. The van der Waals surface area contributed by atoms with Gasteiger partial charge in [0, 0.05) is 30.2 Å². The van der Waals surface area contributed by atoms with Gasteiger partial charge in [-0.1, -0.05) is 0 Å². The Kier molecular flexibility index (Phi) is 6.28. The van der Waals surface area contributed by atoms with Gasteiger partial charge in [0.25, 0.3) is 5.91 Å². The molecule has 1 fully saturated rings. The highest BCUT2D eigenvalue weighted by atomic mass is 16.5. The van der Waals surface area contributed by atoms with E-state index in [1.807, 2.05) is 0 Å². The Balaban J connectivity index is 1.56. The van der Waals surface area contributed by atoms with Crippen molar-refractivity contribution in [3.8, 4) is 0 Å². The lowest BCUT2D eigenvalue weighted by atomic mass is 10.1. The van der Waals surface area contributed by atoms with Gasteiger partial charge >= 0.3 is 5.97 Å². The number of carbonyl (C=O) groups excluding carboxylic acids is 2. The molecule has 154 valence electrons. The van der Waals surface area contributed by atoms with Crippen LogP contribution in [-0.4, -0.2) is 64.6 Å². The molecule has 1 atom stereocenters. The van der Waals surface area contributed by atoms with Crippen molar-refractivity contribution in [1.82, 2.24) is 15.2 Å². The number of nitrogen functional groups attached to an aromatic ring is 1. The second-order valence-corrected chi connectivity index (χ2v) is 7.06. The number of aliphatic carboxylic acids is 1. The average Bonchev–Trinajstić information content (AvgIpc) is 2.72. The second-order valence-electron chi connectivity index (χ2n) is 7.06. The molecule has 1 aliphatic rings. The molecule has 2 amide bonds. The first-order chi connectivity index (χ1) is 13.8. The quantitative estimate of drug-likeness (QED) is 0.659. The number of piperidine rings is 1. The lowest BCUT2D eigenvalue weighted by Gasteiger charge is -2.33. The number of pyridine rings is 1. The minimum absolute atomic E-state index is 0.167. The van der Waals surface area contributed by atoms with E-state index in [0.29, 0.717) is 37.3 Å². The molecule has 29 heavy (non-hydrogen) atoms. The van der Waals surface area contributed by atoms with Gasteiger partial charge in [0.2, 0.25) is 5.91 Å². The molecule has 1 aromatic heterocycles. The normalized spacial score (nSPS) is 15.8. The van der Waals surface area contributed by atoms with Crippen LogP contribution in [-0.2, 0) is 14.3 Å². The first-order valence-electron chi connectivity index (χ1n) is 9.42. The zero-order valence-electron chi connectivity index (χ0n) is 16.1. The van der Waals surface area contributed by atoms with Crippen LogP contribution in [0.3, 0.4) is 0 Å². The third-order valence-electron chi connectivity index (χ3n) is 4.97. The molecule has 2 aromatic rings. The number of likely N-dealkylation sites (tertiary alicyclic amines) is 1. The summed E-state index contributed by atoms with van der Waals surface area (Å²) in [6, 6.07) is 6.19. The maximum Gasteiger partial charge on any atom is 0.329 e. The third kappa shape index (κ3) is 5.00. The smallest absolute Gasteiger partial charge is 0.329 e. The van der Waals surface area contributed by atoms with Gasteiger partial charge in [0.1, 0.15) is 18.5 Å². The van der Waals surface area contributed by atoms with Crippen LogP contribution in [0.15, 0.2) is 30.5 Å². The average molecular weight is 400 g/mol. The van der Waals surface area contributed by atoms with Crippen molar-refractivity contribution in [3.05, 3.63) is 36.0 Å². The lowest BCUT2D eigenvalue weighted by Crippen LogP contribution is -2.50. The number of anilines is 1. The van der Waals surface area contributed by atoms with Gasteiger partial charge in [0.05, 0.1) is 6.10 Å². The number of rotatable bonds is 6. The van der Waals surface area contributed by atoms with E-state index >= 15 is 0 Å². The van der Waals surface area contributed by atoms with Crippen LogP contribution < -0.4 is 11.1 Å². The Hall–Kier alpha value is -3.20. The standard InChI is InChI=1S/C20H24N4O5/c1-12(20(28)24-8-5-15(6-9-24)29-11-17(25)26)23-19(27)14-2-3-16-13(10-14)4-7-22-18(16)21/h2-4,7,10,12,15H,5-6,8-9,11H2,1H3,(H2,21,22)(H,23,27)(H,25,26). The Morgan fingerprint density at radius 2 is 2.03 bits per heavy atom. The molecule has 0 saturated carbocycles. The monoisotopic (exact) mass is 400 g/mol. The molecule has 0 aliphatic carbocycles. The number of benzene rings is 1. The summed E-state index contributed by atoms with van der Waals surface area (Å²) < 4.78 is 5.28. The van der Waals surface area contributed by atoms with Gasteiger partial charge in [0.15, 0.2) is 0 Å². The summed E-state index contributed by atoms with van der Waals surface area (Å²) in [6.07, 6.45) is 2.55. The van der Waals surface area contributed by atoms with Crippen molar-refractivity contribution >= 4 is 34.4 Å². The number of carboxylic acids is 1. The van der Waals surface area contributed by atoms with E-state index in [9.17, 15) is 14.4 Å². The molecule has 1 aromatic carbocycles. The Bertz CT molecular complexity index is 924. The number of carbonyl (C=O) groups is 3. The largest absolute Gasteiger partial charge is 0.480 e. The van der Waals surface area contributed by atoms with E-state index < -0.39 is 12.0 Å². The lowest BCUT2D eigenvalue weighted by molar-refractivity contribution is -0.147. The number of hydrogen-bond acceptors (Lipinski definition) is 6. The van der Waals surface area contributed by atoms with Gasteiger partial charge in [-0.3, -0.25) is 9.59 Å². The predicted molar refractivity (Wildman–Crippen MR) is 106 cm³/mol. The highest BCUT2D eigenvalue weighted by molar-refractivity contribution is 6.02. The van der Waals surface area contributed by atoms with Crippen molar-refractivity contribution in [2.45, 2.75) is 31.9 Å². The van der Waals surface area contributed by atoms with Crippen LogP contribution in [0, 0.1) is 0 Å². The number of hydrogen-bond donors (Lipinski definition) is 3. The summed E-state index contributed by atoms with van der Waals surface area (Å²) in [6.45, 7) is 2.24. The number of carboxylic acid groups (broad SMARTS) is 1. The third-order valence-corrected chi connectivity index (χ3v) is 4.97. The van der Waals surface area contributed by atoms with Crippen molar-refractivity contribution in [2.24, 2.45) is 0 Å². The number of ether oxygens (including phenoxy) is 1. The fraction of sp³-hybridized carbons (Fsp3) is 0.400. The molecular formula is C20H24N4O5. The molecule has 0 bridgehead atoms. The van der Waals surface area contributed by atoms with Gasteiger partial charge in [-0.25, -0.2) is 9.78 Å². The fourth-order valence-electron chi connectivity index (χ4n) is 3.39. The van der Waals surface area contributed by atoms with Gasteiger partial charge in [-0.2, -0.15) is 0 Å². The molecule has 0 radical (unpaired) electrons. The van der Waals surface area contributed by atoms with Crippen LogP contribution >= 0.6 is 0 Å². The Labute approximate surface area is 167 Å². The van der Waals surface area contributed by atoms with Gasteiger partial charge in [-0.05, 0) is 49.4 Å². The number of fused-ring (bicyclic) bond motifs is 1. The second kappa shape index (κ2) is 8.87. The zero-order valence-corrected chi connectivity index (χ0v) is 16.1. The molecule has 0 spiro atoms. The van der Waals surface area contributed by atoms with Crippen LogP contribution in [0.4, 0.5) is 5.82 Å². The van der Waals surface area contributed by atoms with Crippen molar-refractivity contribution in [2.75, 3.05) is 25.4 Å². The summed E-state index contributed by atoms with van der Waals surface area (Å²) in [7, 11) is 0. The molecule has 2 heterocycles. The van der Waals surface area contributed by atoms with E-state index in [1.54, 1.807) is 42.3 Å². The van der Waals surface area contributed by atoms with Gasteiger partial charge in [-0.15, -0.1) is 0 Å².